The number of carbonyl (C=O) groups is 1. The number of carbonyl (C=O) groups excluding carboxylic acids is 1. The molecule has 1 atom stereocenters. The van der Waals surface area contributed by atoms with Crippen LogP contribution in [0.1, 0.15) is 33.4 Å². The largest absolute Gasteiger partial charge is 0.421 e. The third kappa shape index (κ3) is 3.55. The zero-order valence-corrected chi connectivity index (χ0v) is 16.3. The molecule has 1 aliphatic rings. The highest BCUT2D eigenvalue weighted by atomic mass is 19.4. The minimum absolute atomic E-state index is 0.0604. The zero-order valence-electron chi connectivity index (χ0n) is 16.3. The molecule has 1 aliphatic heterocycles. The van der Waals surface area contributed by atoms with Crippen molar-refractivity contribution in [2.45, 2.75) is 18.8 Å². The summed E-state index contributed by atoms with van der Waals surface area (Å²) in [6, 6.07) is 1.99. The minimum atomic E-state index is -4.89. The lowest BCUT2D eigenvalue weighted by atomic mass is 9.95. The van der Waals surface area contributed by atoms with Crippen LogP contribution in [0.25, 0.3) is 10.8 Å². The van der Waals surface area contributed by atoms with Gasteiger partial charge in [0.2, 0.25) is 0 Å². The standard InChI is InChI=1S/C20H14F5N3O4/c1-28(19(31)13-3-2-10(18(30)26-13)20(23,24)25)15-7-32-6-14-16(15)8-4-11(21)12(22)5-9(8)17(29)27-14/h2-5,15H,6-7H2,1H3,(H,26,30)(H,27,29)/t15-/m1/s1. The van der Waals surface area contributed by atoms with Gasteiger partial charge in [0.25, 0.3) is 17.0 Å². The summed E-state index contributed by atoms with van der Waals surface area (Å²) in [4.78, 5) is 42.5. The van der Waals surface area contributed by atoms with Gasteiger partial charge in [0, 0.05) is 18.3 Å². The van der Waals surface area contributed by atoms with Gasteiger partial charge >= 0.3 is 6.18 Å². The Morgan fingerprint density at radius 2 is 1.72 bits per heavy atom. The summed E-state index contributed by atoms with van der Waals surface area (Å²) in [6.45, 7) is -0.157. The van der Waals surface area contributed by atoms with E-state index in [2.05, 4.69) is 4.98 Å². The first kappa shape index (κ1) is 21.7. The van der Waals surface area contributed by atoms with E-state index < -0.39 is 52.1 Å². The fourth-order valence-corrected chi connectivity index (χ4v) is 3.70. The number of halogens is 5. The highest BCUT2D eigenvalue weighted by Crippen LogP contribution is 2.34. The van der Waals surface area contributed by atoms with Crippen molar-refractivity contribution in [1.29, 1.82) is 0 Å². The number of likely N-dealkylation sites (N-methyl/N-ethyl adjacent to an activating group) is 1. The van der Waals surface area contributed by atoms with Crippen LogP contribution in [0, 0.1) is 11.6 Å². The smallest absolute Gasteiger partial charge is 0.373 e. The van der Waals surface area contributed by atoms with Crippen LogP contribution < -0.4 is 11.1 Å². The molecule has 1 amide bonds. The Labute approximate surface area is 175 Å². The molecular weight excluding hydrogens is 441 g/mol. The number of amides is 1. The van der Waals surface area contributed by atoms with Gasteiger partial charge in [-0.3, -0.25) is 14.4 Å². The second kappa shape index (κ2) is 7.55. The minimum Gasteiger partial charge on any atom is -0.373 e. The third-order valence-corrected chi connectivity index (χ3v) is 5.27. The number of aromatic amines is 2. The number of aromatic nitrogens is 2. The molecule has 0 radical (unpaired) electrons. The average Bonchev–Trinajstić information content (AvgIpc) is 2.72. The van der Waals surface area contributed by atoms with Crippen LogP contribution in [0.4, 0.5) is 22.0 Å². The molecule has 3 heterocycles. The molecule has 7 nitrogen and oxygen atoms in total. The Morgan fingerprint density at radius 3 is 2.34 bits per heavy atom. The number of benzene rings is 1. The number of ether oxygens (including phenoxy) is 1. The number of fused-ring (bicyclic) bond motifs is 3. The van der Waals surface area contributed by atoms with Crippen molar-refractivity contribution in [2.24, 2.45) is 0 Å². The SMILES string of the molecule is CN(C(=O)c1ccc(C(F)(F)F)c(=O)[nH]1)[C@@H]1COCc2[nH]c(=O)c3cc(F)c(F)cc3c21. The number of alkyl halides is 3. The molecule has 1 aromatic carbocycles. The summed E-state index contributed by atoms with van der Waals surface area (Å²) in [7, 11) is 1.30. The van der Waals surface area contributed by atoms with E-state index in [9.17, 15) is 36.3 Å². The molecular formula is C20H14F5N3O4. The number of hydrogen-bond acceptors (Lipinski definition) is 4. The van der Waals surface area contributed by atoms with Crippen molar-refractivity contribution in [1.82, 2.24) is 14.9 Å². The summed E-state index contributed by atoms with van der Waals surface area (Å²) in [5, 5.41) is -0.0742. The quantitative estimate of drug-likeness (QED) is 0.581. The van der Waals surface area contributed by atoms with Crippen molar-refractivity contribution in [3.05, 3.63) is 79.1 Å². The van der Waals surface area contributed by atoms with Crippen molar-refractivity contribution in [3.8, 4) is 0 Å². The lowest BCUT2D eigenvalue weighted by Crippen LogP contribution is -2.38. The van der Waals surface area contributed by atoms with Crippen LogP contribution in [-0.2, 0) is 17.5 Å². The van der Waals surface area contributed by atoms with Crippen LogP contribution in [0.2, 0.25) is 0 Å². The molecule has 168 valence electrons. The van der Waals surface area contributed by atoms with E-state index in [1.54, 1.807) is 0 Å². The second-order valence-electron chi connectivity index (χ2n) is 7.22. The molecule has 0 spiro atoms. The molecule has 0 bridgehead atoms. The van der Waals surface area contributed by atoms with Crippen molar-refractivity contribution >= 4 is 16.7 Å². The monoisotopic (exact) mass is 455 g/mol. The second-order valence-corrected chi connectivity index (χ2v) is 7.22. The molecule has 12 heteroatoms. The Kier molecular flexibility index (Phi) is 5.12. The predicted molar refractivity (Wildman–Crippen MR) is 101 cm³/mol. The first-order chi connectivity index (χ1) is 15.0. The predicted octanol–water partition coefficient (Wildman–Crippen LogP) is 2.86. The van der Waals surface area contributed by atoms with Crippen LogP contribution in [0.3, 0.4) is 0 Å². The molecule has 0 unspecified atom stereocenters. The molecule has 4 rings (SSSR count). The molecule has 0 fully saturated rings. The fraction of sp³-hybridized carbons (Fsp3) is 0.250. The van der Waals surface area contributed by atoms with Crippen molar-refractivity contribution in [3.63, 3.8) is 0 Å². The van der Waals surface area contributed by atoms with E-state index in [0.717, 1.165) is 23.1 Å². The van der Waals surface area contributed by atoms with Crippen LogP contribution in [0.5, 0.6) is 0 Å². The van der Waals surface area contributed by atoms with Crippen LogP contribution >= 0.6 is 0 Å². The summed E-state index contributed by atoms with van der Waals surface area (Å²) < 4.78 is 71.5. The van der Waals surface area contributed by atoms with Gasteiger partial charge in [0.1, 0.15) is 11.3 Å². The van der Waals surface area contributed by atoms with Gasteiger partial charge in [0.05, 0.1) is 24.6 Å². The summed E-state index contributed by atoms with van der Waals surface area (Å²) in [5.41, 5.74) is -3.49. The van der Waals surface area contributed by atoms with E-state index in [1.165, 1.54) is 7.05 Å². The lowest BCUT2D eigenvalue weighted by Gasteiger charge is -2.33. The van der Waals surface area contributed by atoms with Crippen molar-refractivity contribution in [2.75, 3.05) is 13.7 Å². The Bertz CT molecular complexity index is 1360. The maximum atomic E-state index is 13.9. The Balaban J connectivity index is 1.79. The lowest BCUT2D eigenvalue weighted by molar-refractivity contribution is -0.138. The van der Waals surface area contributed by atoms with E-state index >= 15 is 0 Å². The van der Waals surface area contributed by atoms with Crippen LogP contribution in [-0.4, -0.2) is 34.4 Å². The maximum absolute atomic E-state index is 13.9. The topological polar surface area (TPSA) is 95.3 Å². The molecule has 0 saturated carbocycles. The molecule has 3 aromatic rings. The summed E-state index contributed by atoms with van der Waals surface area (Å²) >= 11 is 0. The number of nitrogens with zero attached hydrogens (tertiary/aromatic N) is 1. The van der Waals surface area contributed by atoms with Gasteiger partial charge in [-0.1, -0.05) is 0 Å². The van der Waals surface area contributed by atoms with E-state index in [4.69, 9.17) is 4.74 Å². The van der Waals surface area contributed by atoms with Gasteiger partial charge in [-0.15, -0.1) is 0 Å². The van der Waals surface area contributed by atoms with Gasteiger partial charge in [0.15, 0.2) is 11.6 Å². The highest BCUT2D eigenvalue weighted by Gasteiger charge is 2.35. The number of H-pyrrole nitrogens is 2. The van der Waals surface area contributed by atoms with E-state index in [1.807, 2.05) is 4.98 Å². The number of hydrogen-bond donors (Lipinski definition) is 2. The molecule has 32 heavy (non-hydrogen) atoms. The molecule has 2 N–H and O–H groups in total. The summed E-state index contributed by atoms with van der Waals surface area (Å²) in [6.07, 6.45) is -4.89. The Hall–Kier alpha value is -3.54. The zero-order chi connectivity index (χ0) is 23.4. The van der Waals surface area contributed by atoms with Gasteiger partial charge < -0.3 is 19.6 Å². The highest BCUT2D eigenvalue weighted by molar-refractivity contribution is 5.93. The third-order valence-electron chi connectivity index (χ3n) is 5.27. The van der Waals surface area contributed by atoms with Gasteiger partial charge in [-0.05, 0) is 29.7 Å². The van der Waals surface area contributed by atoms with Gasteiger partial charge in [-0.2, -0.15) is 13.2 Å². The number of pyridine rings is 2. The number of nitrogens with one attached hydrogen (secondary N) is 2. The Morgan fingerprint density at radius 1 is 1.06 bits per heavy atom. The maximum Gasteiger partial charge on any atom is 0.421 e. The first-order valence-electron chi connectivity index (χ1n) is 9.18. The molecule has 0 aliphatic carbocycles. The van der Waals surface area contributed by atoms with Gasteiger partial charge in [-0.25, -0.2) is 8.78 Å². The van der Waals surface area contributed by atoms with E-state index in [-0.39, 0.29) is 29.7 Å². The molecule has 0 saturated heterocycles. The van der Waals surface area contributed by atoms with E-state index in [0.29, 0.717) is 11.6 Å². The molecule has 2 aromatic heterocycles. The normalized spacial score (nSPS) is 16.1. The van der Waals surface area contributed by atoms with Crippen LogP contribution in [0.15, 0.2) is 33.9 Å². The first-order valence-corrected chi connectivity index (χ1v) is 9.18. The van der Waals surface area contributed by atoms with Crippen molar-refractivity contribution < 1.29 is 31.5 Å². The number of rotatable bonds is 2. The average molecular weight is 455 g/mol. The summed E-state index contributed by atoms with van der Waals surface area (Å²) in [5.74, 6) is -3.27. The fourth-order valence-electron chi connectivity index (χ4n) is 3.70.